The molecule has 0 aliphatic heterocycles. The molecule has 2 N–H and O–H groups in total. The van der Waals surface area contributed by atoms with E-state index in [1.54, 1.807) is 6.07 Å². The van der Waals surface area contributed by atoms with E-state index in [9.17, 15) is 14.7 Å². The Labute approximate surface area is 163 Å². The normalized spacial score (nSPS) is 12.4. The molecule has 0 radical (unpaired) electrons. The van der Waals surface area contributed by atoms with E-state index in [2.05, 4.69) is 10.4 Å². The molecule has 146 valence electrons. The van der Waals surface area contributed by atoms with Crippen LogP contribution in [0.1, 0.15) is 17.3 Å². The molecule has 7 heteroatoms. The smallest absolute Gasteiger partial charge is 0.322 e. The first-order valence-electron chi connectivity index (χ1n) is 9.11. The van der Waals surface area contributed by atoms with Gasteiger partial charge < -0.3 is 10.0 Å². The number of amides is 1. The third-order valence-corrected chi connectivity index (χ3v) is 4.51. The van der Waals surface area contributed by atoms with Gasteiger partial charge in [0, 0.05) is 17.3 Å². The fourth-order valence-corrected chi connectivity index (χ4v) is 2.93. The first kappa shape index (κ1) is 19.7. The summed E-state index contributed by atoms with van der Waals surface area (Å²) < 4.78 is 0. The minimum absolute atomic E-state index is 0.302. The van der Waals surface area contributed by atoms with E-state index in [0.29, 0.717) is 24.2 Å². The zero-order valence-corrected chi connectivity index (χ0v) is 16.2. The van der Waals surface area contributed by atoms with Gasteiger partial charge in [-0.2, -0.15) is 0 Å². The number of pyridine rings is 1. The number of hydrogen-bond donors (Lipinski definition) is 2. The van der Waals surface area contributed by atoms with E-state index in [-0.39, 0.29) is 5.91 Å². The molecule has 1 aromatic heterocycles. The molecule has 0 fully saturated rings. The second-order valence-electron chi connectivity index (χ2n) is 7.01. The number of fused-ring (bicyclic) bond motifs is 2. The molecule has 0 saturated heterocycles. The molecule has 0 aliphatic carbocycles. The van der Waals surface area contributed by atoms with Gasteiger partial charge in [-0.05, 0) is 39.2 Å². The summed E-state index contributed by atoms with van der Waals surface area (Å²) in [6, 6.07) is 14.3. The van der Waals surface area contributed by atoms with Crippen molar-refractivity contribution in [2.75, 3.05) is 27.2 Å². The van der Waals surface area contributed by atoms with Crippen LogP contribution in [0.15, 0.2) is 48.5 Å². The maximum absolute atomic E-state index is 13.3. The van der Waals surface area contributed by atoms with Crippen LogP contribution in [0.25, 0.3) is 21.8 Å². The van der Waals surface area contributed by atoms with Gasteiger partial charge in [-0.15, -0.1) is 0 Å². The first-order valence-corrected chi connectivity index (χ1v) is 9.11. The predicted octanol–water partition coefficient (Wildman–Crippen LogP) is 2.37. The number of hydrogen-bond acceptors (Lipinski definition) is 5. The largest absolute Gasteiger partial charge is 0.480 e. The fraction of sp³-hybridized carbons (Fsp3) is 0.286. The molecule has 0 spiro atoms. The predicted molar refractivity (Wildman–Crippen MR) is 109 cm³/mol. The summed E-state index contributed by atoms with van der Waals surface area (Å²) in [7, 11) is 3.80. The Morgan fingerprint density at radius 1 is 1.07 bits per heavy atom. The number of carboxylic acid groups (broad SMARTS) is 1. The van der Waals surface area contributed by atoms with Gasteiger partial charge in [-0.3, -0.25) is 14.6 Å². The number of nitrogens with one attached hydrogen (secondary N) is 1. The molecule has 28 heavy (non-hydrogen) atoms. The maximum Gasteiger partial charge on any atom is 0.322 e. The number of aromatic nitrogens is 1. The molecule has 0 bridgehead atoms. The van der Waals surface area contributed by atoms with Crippen LogP contribution in [0.2, 0.25) is 0 Å². The van der Waals surface area contributed by atoms with Crippen LogP contribution >= 0.6 is 0 Å². The van der Waals surface area contributed by atoms with Crippen LogP contribution in [0.5, 0.6) is 0 Å². The number of carboxylic acids is 1. The van der Waals surface area contributed by atoms with Crippen molar-refractivity contribution in [1.82, 2.24) is 20.3 Å². The molecule has 3 aromatic rings. The van der Waals surface area contributed by atoms with Gasteiger partial charge >= 0.3 is 5.97 Å². The summed E-state index contributed by atoms with van der Waals surface area (Å²) in [5, 5.41) is 12.5. The van der Waals surface area contributed by atoms with Crippen molar-refractivity contribution >= 4 is 33.7 Å². The first-order chi connectivity index (χ1) is 13.4. The van der Waals surface area contributed by atoms with Gasteiger partial charge in [0.05, 0.1) is 23.1 Å². The number of carbonyl (C=O) groups excluding carboxylic acids is 1. The number of carbonyl (C=O) groups is 2. The summed E-state index contributed by atoms with van der Waals surface area (Å²) in [6.07, 6.45) is 0. The molecule has 1 heterocycles. The average Bonchev–Trinajstić information content (AvgIpc) is 2.68. The van der Waals surface area contributed by atoms with E-state index in [4.69, 9.17) is 0 Å². The molecule has 2 aromatic carbocycles. The zero-order chi connectivity index (χ0) is 20.3. The minimum Gasteiger partial charge on any atom is -0.480 e. The highest BCUT2D eigenvalue weighted by molar-refractivity contribution is 6.07. The number of likely N-dealkylation sites (N-methyl/N-ethyl adjacent to an activating group) is 1. The lowest BCUT2D eigenvalue weighted by atomic mass is 10.1. The number of nitrogens with zero attached hydrogens (tertiary/aromatic N) is 3. The van der Waals surface area contributed by atoms with Crippen molar-refractivity contribution in [2.24, 2.45) is 0 Å². The van der Waals surface area contributed by atoms with Crippen LogP contribution in [0, 0.1) is 0 Å². The lowest BCUT2D eigenvalue weighted by Crippen LogP contribution is -2.52. The van der Waals surface area contributed by atoms with Crippen molar-refractivity contribution in [3.05, 3.63) is 54.1 Å². The third-order valence-electron chi connectivity index (χ3n) is 4.51. The number of benzene rings is 2. The Morgan fingerprint density at radius 2 is 1.79 bits per heavy atom. The molecular formula is C21H24N4O3. The maximum atomic E-state index is 13.3. The average molecular weight is 380 g/mol. The van der Waals surface area contributed by atoms with Crippen LogP contribution in [0.3, 0.4) is 0 Å². The van der Waals surface area contributed by atoms with Crippen molar-refractivity contribution in [3.8, 4) is 0 Å². The summed E-state index contributed by atoms with van der Waals surface area (Å²) in [5.41, 5.74) is 4.65. The van der Waals surface area contributed by atoms with Crippen LogP contribution in [-0.2, 0) is 4.79 Å². The minimum atomic E-state index is -1.02. The SMILES string of the molecule is C[C@H](NN(CCN(C)C)C(=O)c1cccc2cc3ccccc3nc12)C(=O)O. The Hall–Kier alpha value is -3.03. The molecule has 0 unspecified atom stereocenters. The van der Waals surface area contributed by atoms with E-state index in [1.165, 1.54) is 11.9 Å². The second kappa shape index (κ2) is 8.33. The van der Waals surface area contributed by atoms with Crippen molar-refractivity contribution in [3.63, 3.8) is 0 Å². The van der Waals surface area contributed by atoms with E-state index < -0.39 is 12.0 Å². The van der Waals surface area contributed by atoms with Gasteiger partial charge in [0.2, 0.25) is 0 Å². The van der Waals surface area contributed by atoms with Crippen molar-refractivity contribution in [1.29, 1.82) is 0 Å². The van der Waals surface area contributed by atoms with Gasteiger partial charge in [-0.1, -0.05) is 30.3 Å². The van der Waals surface area contributed by atoms with E-state index in [0.717, 1.165) is 16.3 Å². The highest BCUT2D eigenvalue weighted by Gasteiger charge is 2.23. The topological polar surface area (TPSA) is 85.8 Å². The summed E-state index contributed by atoms with van der Waals surface area (Å²) in [6.45, 7) is 2.44. The van der Waals surface area contributed by atoms with Crippen LogP contribution in [-0.4, -0.2) is 65.1 Å². The standard InChI is InChI=1S/C21H24N4O3/c1-14(21(27)28)23-25(12-11-24(2)3)20(26)17-9-6-8-16-13-15-7-4-5-10-18(15)22-19(16)17/h4-10,13-14,23H,11-12H2,1-3H3,(H,27,28)/t14-/m0/s1. The Kier molecular flexibility index (Phi) is 5.87. The summed E-state index contributed by atoms with van der Waals surface area (Å²) >= 11 is 0. The molecule has 1 atom stereocenters. The number of aliphatic carboxylic acids is 1. The monoisotopic (exact) mass is 380 g/mol. The Bertz CT molecular complexity index is 1020. The molecule has 0 saturated carbocycles. The third kappa shape index (κ3) is 4.27. The number of para-hydroxylation sites is 2. The lowest BCUT2D eigenvalue weighted by molar-refractivity contribution is -0.140. The number of hydrazine groups is 1. The highest BCUT2D eigenvalue weighted by atomic mass is 16.4. The summed E-state index contributed by atoms with van der Waals surface area (Å²) in [5.74, 6) is -1.33. The highest BCUT2D eigenvalue weighted by Crippen LogP contribution is 2.23. The van der Waals surface area contributed by atoms with E-state index >= 15 is 0 Å². The van der Waals surface area contributed by atoms with Gasteiger partial charge in [0.1, 0.15) is 6.04 Å². The lowest BCUT2D eigenvalue weighted by Gasteiger charge is -2.27. The van der Waals surface area contributed by atoms with Gasteiger partial charge in [0.25, 0.3) is 5.91 Å². The Morgan fingerprint density at radius 3 is 2.50 bits per heavy atom. The quantitative estimate of drug-likeness (QED) is 0.483. The molecule has 0 aliphatic rings. The van der Waals surface area contributed by atoms with Gasteiger partial charge in [0.15, 0.2) is 0 Å². The van der Waals surface area contributed by atoms with Crippen molar-refractivity contribution in [2.45, 2.75) is 13.0 Å². The Balaban J connectivity index is 2.02. The van der Waals surface area contributed by atoms with E-state index in [1.807, 2.05) is 61.5 Å². The zero-order valence-electron chi connectivity index (χ0n) is 16.2. The fourth-order valence-electron chi connectivity index (χ4n) is 2.93. The molecule has 1 amide bonds. The van der Waals surface area contributed by atoms with Crippen LogP contribution in [0.4, 0.5) is 0 Å². The molecule has 7 nitrogen and oxygen atoms in total. The summed E-state index contributed by atoms with van der Waals surface area (Å²) in [4.78, 5) is 31.2. The number of rotatable bonds is 7. The molecular weight excluding hydrogens is 356 g/mol. The molecule has 3 rings (SSSR count). The van der Waals surface area contributed by atoms with Gasteiger partial charge in [-0.25, -0.2) is 10.4 Å². The van der Waals surface area contributed by atoms with Crippen LogP contribution < -0.4 is 5.43 Å². The second-order valence-corrected chi connectivity index (χ2v) is 7.01. The van der Waals surface area contributed by atoms with Crippen molar-refractivity contribution < 1.29 is 14.7 Å².